The van der Waals surface area contributed by atoms with Gasteiger partial charge in [-0.3, -0.25) is 28.3 Å². The van der Waals surface area contributed by atoms with E-state index >= 15 is 0 Å². The van der Waals surface area contributed by atoms with E-state index in [1.165, 1.54) is 48.5 Å². The highest BCUT2D eigenvalue weighted by Gasteiger charge is 2.45. The smallest absolute Gasteiger partial charge is 0.294 e. The first-order chi connectivity index (χ1) is 47.5. The Balaban J connectivity index is 0.832. The highest BCUT2D eigenvalue weighted by Crippen LogP contribution is 2.49. The minimum Gasteiger partial charge on any atom is -0.462 e. The molecule has 538 valence electrons. The number of carbonyl (C=O) groups is 1. The number of allylic oxidation sites excluding steroid dienone is 6. The number of hydrogen-bond acceptors (Lipinski definition) is 15. The average molecular weight is 1450 g/mol. The average Bonchev–Trinajstić information content (AvgIpc) is 1.52. The Morgan fingerprint density at radius 1 is 0.600 bits per heavy atom. The number of nitrogens with one attached hydrogen (secondary N) is 2. The number of amides is 1. The largest absolute Gasteiger partial charge is 0.462 e. The minimum absolute atomic E-state index is 0.0705. The van der Waals surface area contributed by atoms with Crippen LogP contribution in [0, 0.1) is 5.92 Å². The van der Waals surface area contributed by atoms with Crippen LogP contribution in [-0.2, 0) is 75.8 Å². The van der Waals surface area contributed by atoms with E-state index in [4.69, 9.17) is 18.9 Å². The van der Waals surface area contributed by atoms with E-state index in [2.05, 4.69) is 94.6 Å². The summed E-state index contributed by atoms with van der Waals surface area (Å²) in [5.74, 6) is -0.365. The van der Waals surface area contributed by atoms with Crippen molar-refractivity contribution < 1.29 is 80.2 Å². The molecule has 6 aromatic rings. The SMILES string of the molecule is C=C(Oc1ccc(S(=O)(=O)O)cc1)C(/C=C/C1=[N+](CCCCCC(=O)NCCCOCCOCCOCCNC(c2ccccc2)(c2ccccc2)c2ccccc2)c2ccc(S(=O)(=O)O)cc2C1(C)C)CCC/C=C\C=C1\N(CCCCS(=O)(=O)O)c2ccc(S(=O)(=O)O)cc2C1(C)C. The van der Waals surface area contributed by atoms with Crippen molar-refractivity contribution in [3.63, 3.8) is 0 Å². The third-order valence-corrected chi connectivity index (χ3v) is 21.3. The van der Waals surface area contributed by atoms with Crippen molar-refractivity contribution in [2.45, 2.75) is 123 Å². The topological polar surface area (TPSA) is 302 Å². The van der Waals surface area contributed by atoms with Crippen LogP contribution in [0.4, 0.5) is 11.4 Å². The van der Waals surface area contributed by atoms with Gasteiger partial charge >= 0.3 is 0 Å². The molecule has 0 aromatic heterocycles. The van der Waals surface area contributed by atoms with E-state index in [0.717, 1.165) is 33.8 Å². The summed E-state index contributed by atoms with van der Waals surface area (Å²) in [6, 6.07) is 45.4. The van der Waals surface area contributed by atoms with Crippen molar-refractivity contribution in [3.05, 3.63) is 228 Å². The molecule has 6 aromatic carbocycles. The Morgan fingerprint density at radius 3 is 1.73 bits per heavy atom. The quantitative estimate of drug-likeness (QED) is 0.00683. The van der Waals surface area contributed by atoms with Gasteiger partial charge in [0.25, 0.3) is 40.5 Å². The van der Waals surface area contributed by atoms with Crippen molar-refractivity contribution in [2.75, 3.05) is 76.5 Å². The first-order valence-electron chi connectivity index (χ1n) is 33.5. The molecule has 2 aliphatic heterocycles. The number of anilines is 1. The van der Waals surface area contributed by atoms with Gasteiger partial charge in [0.2, 0.25) is 11.6 Å². The Morgan fingerprint density at radius 2 is 1.15 bits per heavy atom. The normalized spacial score (nSPS) is 15.4. The number of fused-ring (bicyclic) bond motifs is 2. The maximum Gasteiger partial charge on any atom is 0.294 e. The number of rotatable bonds is 41. The van der Waals surface area contributed by atoms with Gasteiger partial charge in [0.05, 0.1) is 64.4 Å². The molecule has 8 rings (SSSR count). The molecule has 1 amide bonds. The van der Waals surface area contributed by atoms with Gasteiger partial charge in [0.1, 0.15) is 18.1 Å². The molecule has 25 heteroatoms. The highest BCUT2D eigenvalue weighted by atomic mass is 32.2. The van der Waals surface area contributed by atoms with E-state index in [0.29, 0.717) is 146 Å². The molecule has 0 spiro atoms. The number of ether oxygens (including phenoxy) is 4. The Bertz CT molecular complexity index is 4260. The van der Waals surface area contributed by atoms with E-state index in [9.17, 15) is 56.7 Å². The molecule has 2 aliphatic rings. The van der Waals surface area contributed by atoms with Gasteiger partial charge in [-0.2, -0.15) is 38.2 Å². The van der Waals surface area contributed by atoms with Crippen LogP contribution < -0.4 is 20.3 Å². The summed E-state index contributed by atoms with van der Waals surface area (Å²) in [7, 11) is -17.8. The number of hydrogen-bond donors (Lipinski definition) is 6. The molecule has 0 radical (unpaired) electrons. The molecule has 0 aliphatic carbocycles. The van der Waals surface area contributed by atoms with Crippen LogP contribution in [0.15, 0.2) is 215 Å². The van der Waals surface area contributed by atoms with Crippen molar-refractivity contribution in [1.29, 1.82) is 0 Å². The van der Waals surface area contributed by atoms with Crippen LogP contribution in [0.25, 0.3) is 0 Å². The fraction of sp³-hybridized carbons (Fsp3) is 0.387. The molecule has 0 bridgehead atoms. The number of benzene rings is 6. The zero-order chi connectivity index (χ0) is 72.2. The zero-order valence-electron chi connectivity index (χ0n) is 57.1. The summed E-state index contributed by atoms with van der Waals surface area (Å²) in [5, 5.41) is 6.81. The van der Waals surface area contributed by atoms with Gasteiger partial charge in [-0.05, 0) is 148 Å². The number of nitrogens with zero attached hydrogens (tertiary/aromatic N) is 2. The van der Waals surface area contributed by atoms with Crippen LogP contribution in [-0.4, -0.2) is 140 Å². The van der Waals surface area contributed by atoms with Gasteiger partial charge in [-0.1, -0.05) is 130 Å². The maximum atomic E-state index is 13.0. The van der Waals surface area contributed by atoms with Crippen molar-refractivity contribution in [1.82, 2.24) is 10.6 Å². The predicted octanol–water partition coefficient (Wildman–Crippen LogP) is 12.3. The molecular weight excluding hydrogens is 1360 g/mol. The molecule has 0 saturated heterocycles. The van der Waals surface area contributed by atoms with Crippen LogP contribution in [0.2, 0.25) is 0 Å². The number of carbonyl (C=O) groups excluding carboxylic acids is 1. The summed E-state index contributed by atoms with van der Waals surface area (Å²) in [4.78, 5) is 14.1. The van der Waals surface area contributed by atoms with E-state index < -0.39 is 68.5 Å². The van der Waals surface area contributed by atoms with Gasteiger partial charge in [-0.25, -0.2) is 0 Å². The fourth-order valence-corrected chi connectivity index (χ4v) is 14.9. The van der Waals surface area contributed by atoms with Crippen molar-refractivity contribution >= 4 is 63.5 Å². The summed E-state index contributed by atoms with van der Waals surface area (Å²) in [6.45, 7) is 16.6. The summed E-state index contributed by atoms with van der Waals surface area (Å²) < 4.78 is 161. The van der Waals surface area contributed by atoms with Gasteiger partial charge in [0.15, 0.2) is 5.71 Å². The lowest BCUT2D eigenvalue weighted by Gasteiger charge is -2.37. The first-order valence-corrected chi connectivity index (χ1v) is 39.5. The van der Waals surface area contributed by atoms with Gasteiger partial charge in [0, 0.05) is 79.5 Å². The zero-order valence-corrected chi connectivity index (χ0v) is 60.3. The first kappa shape index (κ1) is 78.2. The van der Waals surface area contributed by atoms with Crippen LogP contribution in [0.1, 0.15) is 120 Å². The lowest BCUT2D eigenvalue weighted by molar-refractivity contribution is -0.438. The Hall–Kier alpha value is -7.50. The molecule has 6 N–H and O–H groups in total. The molecule has 2 heterocycles. The minimum atomic E-state index is -4.56. The highest BCUT2D eigenvalue weighted by molar-refractivity contribution is 7.86. The maximum absolute atomic E-state index is 13.0. The second-order valence-electron chi connectivity index (χ2n) is 25.8. The molecule has 0 saturated carbocycles. The van der Waals surface area contributed by atoms with Gasteiger partial charge in [-0.15, -0.1) is 0 Å². The molecule has 21 nitrogen and oxygen atoms in total. The lowest BCUT2D eigenvalue weighted by Crippen LogP contribution is -2.46. The van der Waals surface area contributed by atoms with Crippen molar-refractivity contribution in [3.8, 4) is 5.75 Å². The third kappa shape index (κ3) is 21.3. The third-order valence-electron chi connectivity index (χ3n) is 18.0. The predicted molar refractivity (Wildman–Crippen MR) is 387 cm³/mol. The Labute approximate surface area is 589 Å². The number of unbranched alkanes of at least 4 members (excludes halogenated alkanes) is 4. The second-order valence-corrected chi connectivity index (χ2v) is 31.6. The summed E-state index contributed by atoms with van der Waals surface area (Å²) >= 11 is 0. The Kier molecular flexibility index (Phi) is 27.7. The lowest BCUT2D eigenvalue weighted by atomic mass is 9.77. The van der Waals surface area contributed by atoms with Crippen LogP contribution in [0.3, 0.4) is 0 Å². The van der Waals surface area contributed by atoms with Crippen LogP contribution >= 0.6 is 0 Å². The van der Waals surface area contributed by atoms with E-state index in [1.54, 1.807) is 12.1 Å². The van der Waals surface area contributed by atoms with Gasteiger partial charge < -0.3 is 29.2 Å². The standard InChI is InChI=1S/C75H92N4O17S4/c1-57(96-62-35-37-63(38-36-62)98(84,85)86)58(25-12-6-7-19-32-70-73(2,3)66-55-64(99(87,88)89)39-41-68(66)78(70)47-22-23-54-97(81,82)83)34-43-71-74(4,5)67-56-65(100(90,91)92)40-42-69(67)79(71)46-21-11-20-33-72(80)76-44-24-48-93-50-52-95-53-51-94-49-45-77-75(59-26-13-8-14-27-59,60-28-15-9-16-29-60)61-30-17-10-18-31-61/h7-10,13-19,26-32,34-43,55-56,58,77H,1,6,11-12,20-25,33,44-54H2,2-5H3,(H4-,76,80,81,82,83,84,85,86,87,88,89,90,91,92)/p+1/b19-7-,43-34+,70-32+. The van der Waals surface area contributed by atoms with E-state index in [1.807, 2.05) is 81.2 Å². The molecule has 100 heavy (non-hydrogen) atoms. The summed E-state index contributed by atoms with van der Waals surface area (Å²) in [6.07, 6.45) is 14.8. The van der Waals surface area contributed by atoms with E-state index in [-0.39, 0.29) is 32.8 Å². The monoisotopic (exact) mass is 1450 g/mol. The van der Waals surface area contributed by atoms with Crippen LogP contribution in [0.5, 0.6) is 5.75 Å². The molecule has 1 atom stereocenters. The van der Waals surface area contributed by atoms with Crippen molar-refractivity contribution in [2.24, 2.45) is 5.92 Å². The molecule has 0 fully saturated rings. The summed E-state index contributed by atoms with van der Waals surface area (Å²) in [5.41, 5.74) is 5.64. The second kappa shape index (κ2) is 35.4. The molecule has 1 unspecified atom stereocenters. The molecular formula is C75H93N4O17S4+. The fourth-order valence-electron chi connectivity index (χ4n) is 12.8.